The number of nitrogens with one attached hydrogen (secondary N) is 1. The van der Waals surface area contributed by atoms with Gasteiger partial charge < -0.3 is 9.47 Å². The monoisotopic (exact) mass is 333 g/mol. The molecule has 122 valence electrons. The summed E-state index contributed by atoms with van der Waals surface area (Å²) >= 11 is 6.01. The largest absolute Gasteiger partial charge is 0.489 e. The van der Waals surface area contributed by atoms with Crippen molar-refractivity contribution in [2.45, 2.75) is 32.1 Å². The molecule has 3 heterocycles. The van der Waals surface area contributed by atoms with Crippen LogP contribution >= 0.6 is 11.6 Å². The molecule has 1 N–H and O–H groups in total. The number of aromatic amines is 1. The van der Waals surface area contributed by atoms with Crippen molar-refractivity contribution in [1.29, 1.82) is 0 Å². The first-order valence-corrected chi connectivity index (χ1v) is 8.43. The molecule has 0 radical (unpaired) electrons. The first-order chi connectivity index (χ1) is 11.3. The van der Waals surface area contributed by atoms with Gasteiger partial charge in [0.2, 0.25) is 0 Å². The number of fused-ring (bicyclic) bond motifs is 1. The van der Waals surface area contributed by atoms with Crippen LogP contribution in [-0.2, 0) is 24.3 Å². The topological polar surface area (TPSA) is 50.4 Å². The van der Waals surface area contributed by atoms with Crippen molar-refractivity contribution >= 4 is 11.6 Å². The Kier molecular flexibility index (Phi) is 4.25. The minimum absolute atomic E-state index is 0.208. The number of likely N-dealkylation sites (tertiary alicyclic amines) is 1. The van der Waals surface area contributed by atoms with Gasteiger partial charge in [-0.3, -0.25) is 10.00 Å². The van der Waals surface area contributed by atoms with Gasteiger partial charge in [-0.15, -0.1) is 0 Å². The molecule has 0 spiro atoms. The quantitative estimate of drug-likeness (QED) is 0.934. The SMILES string of the molecule is Clc1cccc(O[C@@H]2CCN(Cc3n[nH]c4c3COCC4)C2)c1. The van der Waals surface area contributed by atoms with Crippen LogP contribution in [0.4, 0.5) is 0 Å². The van der Waals surface area contributed by atoms with Crippen molar-refractivity contribution in [2.75, 3.05) is 19.7 Å². The van der Waals surface area contributed by atoms with Gasteiger partial charge in [-0.2, -0.15) is 5.10 Å². The summed E-state index contributed by atoms with van der Waals surface area (Å²) in [6.45, 7) is 4.25. The molecule has 0 saturated carbocycles. The zero-order chi connectivity index (χ0) is 15.6. The number of nitrogens with zero attached hydrogens (tertiary/aromatic N) is 2. The Labute approximate surface area is 140 Å². The lowest BCUT2D eigenvalue weighted by molar-refractivity contribution is 0.109. The fourth-order valence-corrected chi connectivity index (χ4v) is 3.46. The summed E-state index contributed by atoms with van der Waals surface area (Å²) in [6, 6.07) is 7.60. The highest BCUT2D eigenvalue weighted by Gasteiger charge is 2.26. The maximum absolute atomic E-state index is 6.04. The molecule has 0 bridgehead atoms. The summed E-state index contributed by atoms with van der Waals surface area (Å²) in [7, 11) is 0. The minimum Gasteiger partial charge on any atom is -0.489 e. The molecule has 0 unspecified atom stereocenters. The zero-order valence-corrected chi connectivity index (χ0v) is 13.7. The third-order valence-electron chi connectivity index (χ3n) is 4.48. The average molecular weight is 334 g/mol. The summed E-state index contributed by atoms with van der Waals surface area (Å²) in [5.74, 6) is 0.842. The van der Waals surface area contributed by atoms with Crippen LogP contribution in [0.15, 0.2) is 24.3 Å². The van der Waals surface area contributed by atoms with Gasteiger partial charge >= 0.3 is 0 Å². The lowest BCUT2D eigenvalue weighted by Crippen LogP contribution is -2.25. The second-order valence-electron chi connectivity index (χ2n) is 6.15. The molecule has 1 fully saturated rings. The van der Waals surface area contributed by atoms with Gasteiger partial charge in [-0.05, 0) is 24.6 Å². The van der Waals surface area contributed by atoms with Gasteiger partial charge in [0.1, 0.15) is 11.9 Å². The van der Waals surface area contributed by atoms with E-state index in [4.69, 9.17) is 21.1 Å². The second kappa shape index (κ2) is 6.51. The molecule has 6 heteroatoms. The summed E-state index contributed by atoms with van der Waals surface area (Å²) in [5.41, 5.74) is 3.59. The van der Waals surface area contributed by atoms with E-state index in [1.807, 2.05) is 24.3 Å². The first kappa shape index (κ1) is 15.0. The Bertz CT molecular complexity index is 688. The van der Waals surface area contributed by atoms with E-state index in [0.717, 1.165) is 50.5 Å². The molecule has 1 saturated heterocycles. The van der Waals surface area contributed by atoms with Crippen molar-refractivity contribution < 1.29 is 9.47 Å². The maximum Gasteiger partial charge on any atom is 0.121 e. The van der Waals surface area contributed by atoms with Gasteiger partial charge in [0, 0.05) is 42.3 Å². The van der Waals surface area contributed by atoms with Crippen LogP contribution in [0.1, 0.15) is 23.4 Å². The van der Waals surface area contributed by atoms with Crippen molar-refractivity contribution in [3.05, 3.63) is 46.2 Å². The number of aromatic nitrogens is 2. The van der Waals surface area contributed by atoms with Crippen LogP contribution in [0.2, 0.25) is 5.02 Å². The highest BCUT2D eigenvalue weighted by molar-refractivity contribution is 6.30. The number of hydrogen-bond donors (Lipinski definition) is 1. The van der Waals surface area contributed by atoms with E-state index in [-0.39, 0.29) is 6.10 Å². The molecule has 1 atom stereocenters. The summed E-state index contributed by atoms with van der Waals surface area (Å²) < 4.78 is 11.6. The van der Waals surface area contributed by atoms with E-state index in [1.54, 1.807) is 0 Å². The molecule has 5 nitrogen and oxygen atoms in total. The standard InChI is InChI=1S/C17H20ClN3O2/c18-12-2-1-3-13(8-12)23-14-4-6-21(9-14)10-17-15-11-22-7-5-16(15)19-20-17/h1-3,8,14H,4-7,9-11H2,(H,19,20)/t14-/m1/s1. The normalized spacial score (nSPS) is 21.3. The lowest BCUT2D eigenvalue weighted by Gasteiger charge is -2.18. The van der Waals surface area contributed by atoms with Crippen LogP contribution in [0, 0.1) is 0 Å². The predicted octanol–water partition coefficient (Wildman–Crippen LogP) is 2.79. The summed E-state index contributed by atoms with van der Waals surface area (Å²) in [5, 5.41) is 8.34. The lowest BCUT2D eigenvalue weighted by atomic mass is 10.1. The minimum atomic E-state index is 0.208. The number of benzene rings is 1. The molecule has 4 rings (SSSR count). The van der Waals surface area contributed by atoms with E-state index in [2.05, 4.69) is 15.1 Å². The van der Waals surface area contributed by atoms with Crippen molar-refractivity contribution in [2.24, 2.45) is 0 Å². The predicted molar refractivity (Wildman–Crippen MR) is 87.7 cm³/mol. The molecule has 0 amide bonds. The molecule has 2 aliphatic rings. The van der Waals surface area contributed by atoms with Crippen LogP contribution in [-0.4, -0.2) is 40.9 Å². The third kappa shape index (κ3) is 3.37. The fourth-order valence-electron chi connectivity index (χ4n) is 3.28. The number of H-pyrrole nitrogens is 1. The number of halogens is 1. The Morgan fingerprint density at radius 1 is 1.43 bits per heavy atom. The van der Waals surface area contributed by atoms with Crippen LogP contribution in [0.25, 0.3) is 0 Å². The van der Waals surface area contributed by atoms with Gasteiger partial charge in [-0.1, -0.05) is 17.7 Å². The van der Waals surface area contributed by atoms with Gasteiger partial charge in [0.25, 0.3) is 0 Å². The highest BCUT2D eigenvalue weighted by atomic mass is 35.5. The van der Waals surface area contributed by atoms with Crippen molar-refractivity contribution in [3.63, 3.8) is 0 Å². The molecule has 0 aliphatic carbocycles. The molecular formula is C17H20ClN3O2. The summed E-state index contributed by atoms with van der Waals surface area (Å²) in [4.78, 5) is 2.39. The van der Waals surface area contributed by atoms with Crippen LogP contribution in [0.3, 0.4) is 0 Å². The van der Waals surface area contributed by atoms with E-state index in [1.165, 1.54) is 11.3 Å². The third-order valence-corrected chi connectivity index (χ3v) is 4.72. The van der Waals surface area contributed by atoms with Crippen LogP contribution in [0.5, 0.6) is 5.75 Å². The number of rotatable bonds is 4. The smallest absolute Gasteiger partial charge is 0.121 e. The highest BCUT2D eigenvalue weighted by Crippen LogP contribution is 2.24. The van der Waals surface area contributed by atoms with E-state index >= 15 is 0 Å². The molecule has 1 aromatic carbocycles. The molecule has 23 heavy (non-hydrogen) atoms. The second-order valence-corrected chi connectivity index (χ2v) is 6.59. The Morgan fingerprint density at radius 2 is 2.39 bits per heavy atom. The molecule has 2 aromatic rings. The van der Waals surface area contributed by atoms with E-state index < -0.39 is 0 Å². The Hall–Kier alpha value is -1.56. The van der Waals surface area contributed by atoms with Crippen molar-refractivity contribution in [3.8, 4) is 5.75 Å². The van der Waals surface area contributed by atoms with Gasteiger partial charge in [0.05, 0.1) is 18.9 Å². The summed E-state index contributed by atoms with van der Waals surface area (Å²) in [6.07, 6.45) is 2.16. The van der Waals surface area contributed by atoms with Gasteiger partial charge in [0.15, 0.2) is 0 Å². The molecule has 1 aromatic heterocycles. The molecule has 2 aliphatic heterocycles. The fraction of sp³-hybridized carbons (Fsp3) is 0.471. The molecular weight excluding hydrogens is 314 g/mol. The Morgan fingerprint density at radius 3 is 3.30 bits per heavy atom. The number of ether oxygens (including phenoxy) is 2. The first-order valence-electron chi connectivity index (χ1n) is 8.05. The zero-order valence-electron chi connectivity index (χ0n) is 12.9. The Balaban J connectivity index is 1.36. The van der Waals surface area contributed by atoms with E-state index in [0.29, 0.717) is 11.6 Å². The average Bonchev–Trinajstić information content (AvgIpc) is 3.16. The van der Waals surface area contributed by atoms with E-state index in [9.17, 15) is 0 Å². The number of hydrogen-bond acceptors (Lipinski definition) is 4. The van der Waals surface area contributed by atoms with Crippen LogP contribution < -0.4 is 4.74 Å². The van der Waals surface area contributed by atoms with Gasteiger partial charge in [-0.25, -0.2) is 0 Å². The maximum atomic E-state index is 6.04. The van der Waals surface area contributed by atoms with Crippen molar-refractivity contribution in [1.82, 2.24) is 15.1 Å².